The maximum absolute atomic E-state index is 12.7. The van der Waals surface area contributed by atoms with Crippen LogP contribution in [0, 0.1) is 13.8 Å². The number of urea groups is 1. The number of rotatable bonds is 5. The molecule has 1 aromatic heterocycles. The van der Waals surface area contributed by atoms with Crippen molar-refractivity contribution < 1.29 is 19.0 Å². The van der Waals surface area contributed by atoms with E-state index in [1.165, 1.54) is 0 Å². The van der Waals surface area contributed by atoms with E-state index in [2.05, 4.69) is 15.2 Å². The number of aryl methyl sites for hydroxylation is 2. The normalized spacial score (nSPS) is 13.8. The Labute approximate surface area is 171 Å². The summed E-state index contributed by atoms with van der Waals surface area (Å²) < 4.78 is 16.0. The van der Waals surface area contributed by atoms with Crippen molar-refractivity contribution >= 4 is 17.4 Å². The van der Waals surface area contributed by atoms with E-state index in [1.807, 2.05) is 38.1 Å². The summed E-state index contributed by atoms with van der Waals surface area (Å²) in [6.07, 6.45) is 0. The fraction of sp³-hybridized carbons (Fsp3) is 0.429. The maximum atomic E-state index is 12.7. The first-order valence-corrected chi connectivity index (χ1v) is 9.51. The fourth-order valence-corrected chi connectivity index (χ4v) is 3.27. The van der Waals surface area contributed by atoms with Gasteiger partial charge in [-0.25, -0.2) is 9.78 Å². The number of benzene rings is 1. The Morgan fingerprint density at radius 3 is 2.10 bits per heavy atom. The zero-order valence-electron chi connectivity index (χ0n) is 17.6. The van der Waals surface area contributed by atoms with Gasteiger partial charge in [0.25, 0.3) is 0 Å². The standard InChI is InChI=1S/C21H28N4O4/c1-14-10-19(20(29-5)22-15(14)2)23-21(26)25-8-6-24(7-9-25)16-11-17(27-3)13-18(12-16)28-4/h10-13H,6-9H2,1-5H3,(H,23,26). The molecule has 0 aliphatic carbocycles. The molecule has 0 saturated carbocycles. The number of methoxy groups -OCH3 is 3. The van der Waals surface area contributed by atoms with Crippen LogP contribution < -0.4 is 24.4 Å². The van der Waals surface area contributed by atoms with E-state index in [1.54, 1.807) is 26.2 Å². The lowest BCUT2D eigenvalue weighted by Crippen LogP contribution is -2.50. The van der Waals surface area contributed by atoms with Crippen LogP contribution in [0.25, 0.3) is 0 Å². The monoisotopic (exact) mass is 400 g/mol. The minimum absolute atomic E-state index is 0.156. The third-order valence-electron chi connectivity index (χ3n) is 5.13. The molecule has 1 N–H and O–H groups in total. The number of ether oxygens (including phenoxy) is 3. The molecule has 0 unspecified atom stereocenters. The number of anilines is 2. The van der Waals surface area contributed by atoms with Gasteiger partial charge < -0.3 is 29.3 Å². The largest absolute Gasteiger partial charge is 0.497 e. The fourth-order valence-electron chi connectivity index (χ4n) is 3.27. The molecule has 0 radical (unpaired) electrons. The van der Waals surface area contributed by atoms with Gasteiger partial charge in [0.2, 0.25) is 5.88 Å². The number of amides is 2. The van der Waals surface area contributed by atoms with Crippen LogP contribution in [-0.2, 0) is 0 Å². The van der Waals surface area contributed by atoms with E-state index in [-0.39, 0.29) is 6.03 Å². The number of aromatic nitrogens is 1. The molecular weight excluding hydrogens is 372 g/mol. The van der Waals surface area contributed by atoms with Crippen LogP contribution in [0.15, 0.2) is 24.3 Å². The maximum Gasteiger partial charge on any atom is 0.322 e. The Hall–Kier alpha value is -3.16. The molecule has 8 nitrogen and oxygen atoms in total. The van der Waals surface area contributed by atoms with Gasteiger partial charge in [-0.15, -0.1) is 0 Å². The van der Waals surface area contributed by atoms with Crippen molar-refractivity contribution in [3.05, 3.63) is 35.5 Å². The Kier molecular flexibility index (Phi) is 6.31. The number of nitrogens with one attached hydrogen (secondary N) is 1. The molecule has 0 spiro atoms. The van der Waals surface area contributed by atoms with Crippen molar-refractivity contribution in [3.8, 4) is 17.4 Å². The summed E-state index contributed by atoms with van der Waals surface area (Å²) in [5.41, 5.74) is 3.47. The number of nitrogens with zero attached hydrogens (tertiary/aromatic N) is 3. The Morgan fingerprint density at radius 1 is 0.931 bits per heavy atom. The van der Waals surface area contributed by atoms with Crippen LogP contribution in [0.4, 0.5) is 16.2 Å². The predicted molar refractivity (Wildman–Crippen MR) is 113 cm³/mol. The van der Waals surface area contributed by atoms with Crippen LogP contribution in [0.1, 0.15) is 11.3 Å². The number of pyridine rings is 1. The van der Waals surface area contributed by atoms with Gasteiger partial charge in [0, 0.05) is 55.8 Å². The highest BCUT2D eigenvalue weighted by Crippen LogP contribution is 2.29. The molecule has 0 bridgehead atoms. The highest BCUT2D eigenvalue weighted by molar-refractivity contribution is 5.91. The van der Waals surface area contributed by atoms with E-state index in [9.17, 15) is 4.79 Å². The average Bonchev–Trinajstić information content (AvgIpc) is 2.75. The van der Waals surface area contributed by atoms with Crippen molar-refractivity contribution in [2.45, 2.75) is 13.8 Å². The minimum atomic E-state index is -0.156. The third kappa shape index (κ3) is 4.64. The highest BCUT2D eigenvalue weighted by atomic mass is 16.5. The quantitative estimate of drug-likeness (QED) is 0.831. The van der Waals surface area contributed by atoms with Gasteiger partial charge in [-0.2, -0.15) is 0 Å². The lowest BCUT2D eigenvalue weighted by atomic mass is 10.2. The van der Waals surface area contributed by atoms with E-state index in [4.69, 9.17) is 14.2 Å². The summed E-state index contributed by atoms with van der Waals surface area (Å²) in [7, 11) is 4.82. The Morgan fingerprint density at radius 2 is 1.55 bits per heavy atom. The molecule has 2 aromatic rings. The topological polar surface area (TPSA) is 76.2 Å². The SMILES string of the molecule is COc1cc(OC)cc(N2CCN(C(=O)Nc3cc(C)c(C)nc3OC)CC2)c1. The minimum Gasteiger partial charge on any atom is -0.497 e. The third-order valence-corrected chi connectivity index (χ3v) is 5.13. The van der Waals surface area contributed by atoms with Crippen molar-refractivity contribution in [1.82, 2.24) is 9.88 Å². The lowest BCUT2D eigenvalue weighted by Gasteiger charge is -2.36. The molecule has 156 valence electrons. The summed E-state index contributed by atoms with van der Waals surface area (Å²) in [6, 6.07) is 7.53. The van der Waals surface area contributed by atoms with Crippen LogP contribution in [-0.4, -0.2) is 63.4 Å². The van der Waals surface area contributed by atoms with Gasteiger partial charge in [-0.3, -0.25) is 0 Å². The zero-order chi connectivity index (χ0) is 21.0. The van der Waals surface area contributed by atoms with Crippen LogP contribution in [0.3, 0.4) is 0 Å². The van der Waals surface area contributed by atoms with Gasteiger partial charge in [0.15, 0.2) is 0 Å². The predicted octanol–water partition coefficient (Wildman–Crippen LogP) is 3.08. The van der Waals surface area contributed by atoms with E-state index in [0.29, 0.717) is 37.7 Å². The smallest absolute Gasteiger partial charge is 0.322 e. The molecule has 1 fully saturated rings. The molecule has 3 rings (SSSR count). The number of hydrogen-bond acceptors (Lipinski definition) is 6. The molecule has 1 aliphatic rings. The highest BCUT2D eigenvalue weighted by Gasteiger charge is 2.23. The van der Waals surface area contributed by atoms with Crippen LogP contribution in [0.5, 0.6) is 17.4 Å². The Bertz CT molecular complexity index is 857. The molecule has 1 saturated heterocycles. The van der Waals surface area contributed by atoms with Crippen molar-refractivity contribution in [2.24, 2.45) is 0 Å². The van der Waals surface area contributed by atoms with Gasteiger partial charge in [-0.1, -0.05) is 0 Å². The first-order chi connectivity index (χ1) is 13.9. The van der Waals surface area contributed by atoms with E-state index >= 15 is 0 Å². The first-order valence-electron chi connectivity index (χ1n) is 9.51. The van der Waals surface area contributed by atoms with Crippen molar-refractivity contribution in [1.29, 1.82) is 0 Å². The molecule has 0 atom stereocenters. The number of carbonyl (C=O) groups is 1. The van der Waals surface area contributed by atoms with Crippen LogP contribution >= 0.6 is 0 Å². The van der Waals surface area contributed by atoms with Gasteiger partial charge >= 0.3 is 6.03 Å². The van der Waals surface area contributed by atoms with Gasteiger partial charge in [-0.05, 0) is 25.5 Å². The molecule has 8 heteroatoms. The summed E-state index contributed by atoms with van der Waals surface area (Å²) in [5, 5.41) is 2.93. The second kappa shape index (κ2) is 8.89. The molecule has 1 aliphatic heterocycles. The summed E-state index contributed by atoms with van der Waals surface area (Å²) in [4.78, 5) is 21.1. The summed E-state index contributed by atoms with van der Waals surface area (Å²) >= 11 is 0. The molecule has 29 heavy (non-hydrogen) atoms. The van der Waals surface area contributed by atoms with Gasteiger partial charge in [0.05, 0.1) is 21.3 Å². The van der Waals surface area contributed by atoms with E-state index in [0.717, 1.165) is 28.4 Å². The van der Waals surface area contributed by atoms with Crippen LogP contribution in [0.2, 0.25) is 0 Å². The first kappa shape index (κ1) is 20.6. The number of piperazine rings is 1. The lowest BCUT2D eigenvalue weighted by molar-refractivity contribution is 0.208. The zero-order valence-corrected chi connectivity index (χ0v) is 17.6. The molecule has 1 aromatic carbocycles. The van der Waals surface area contributed by atoms with E-state index < -0.39 is 0 Å². The molecule has 2 heterocycles. The molecule has 2 amide bonds. The average molecular weight is 400 g/mol. The second-order valence-electron chi connectivity index (χ2n) is 6.92. The van der Waals surface area contributed by atoms with Crippen molar-refractivity contribution in [2.75, 3.05) is 57.7 Å². The molecular formula is C21H28N4O4. The Balaban J connectivity index is 1.65. The summed E-state index contributed by atoms with van der Waals surface area (Å²) in [6.45, 7) is 6.50. The summed E-state index contributed by atoms with van der Waals surface area (Å²) in [5.74, 6) is 1.91. The van der Waals surface area contributed by atoms with Gasteiger partial charge in [0.1, 0.15) is 17.2 Å². The van der Waals surface area contributed by atoms with Crippen molar-refractivity contribution in [3.63, 3.8) is 0 Å². The number of carbonyl (C=O) groups excluding carboxylic acids is 1. The number of hydrogen-bond donors (Lipinski definition) is 1. The second-order valence-corrected chi connectivity index (χ2v) is 6.92.